The molecule has 0 aromatic heterocycles. The van der Waals surface area contributed by atoms with E-state index >= 15 is 0 Å². The van der Waals surface area contributed by atoms with E-state index in [4.69, 9.17) is 11.6 Å². The van der Waals surface area contributed by atoms with Crippen molar-refractivity contribution in [1.29, 1.82) is 0 Å². The van der Waals surface area contributed by atoms with Gasteiger partial charge in [-0.3, -0.25) is 9.59 Å². The molecule has 4 N–H and O–H groups in total. The molecule has 1 aromatic carbocycles. The van der Waals surface area contributed by atoms with Crippen LogP contribution >= 0.6 is 11.6 Å². The van der Waals surface area contributed by atoms with E-state index in [1.165, 1.54) is 29.1 Å². The van der Waals surface area contributed by atoms with E-state index < -0.39 is 0 Å². The quantitative estimate of drug-likeness (QED) is 0.524. The predicted octanol–water partition coefficient (Wildman–Crippen LogP) is -0.243. The zero-order valence-electron chi connectivity index (χ0n) is 16.7. The third-order valence-corrected chi connectivity index (χ3v) is 6.42. The van der Waals surface area contributed by atoms with Crippen LogP contribution in [0.4, 0.5) is 5.69 Å². The third kappa shape index (κ3) is 6.19. The fourth-order valence-corrected chi connectivity index (χ4v) is 4.49. The van der Waals surface area contributed by atoms with Gasteiger partial charge in [0, 0.05) is 6.04 Å². The van der Waals surface area contributed by atoms with Crippen LogP contribution in [0.25, 0.3) is 0 Å². The average Bonchev–Trinajstić information content (AvgIpc) is 2.67. The maximum atomic E-state index is 12.4. The predicted molar refractivity (Wildman–Crippen MR) is 111 cm³/mol. The van der Waals surface area contributed by atoms with Gasteiger partial charge >= 0.3 is 0 Å². The van der Waals surface area contributed by atoms with Gasteiger partial charge in [0.1, 0.15) is 26.2 Å². The minimum absolute atomic E-state index is 0.0180. The summed E-state index contributed by atoms with van der Waals surface area (Å²) in [6, 6.07) is 7.63. The second-order valence-electron chi connectivity index (χ2n) is 8.32. The summed E-state index contributed by atoms with van der Waals surface area (Å²) in [6.45, 7) is 6.86. The first-order valence-electron chi connectivity index (χ1n) is 10.5. The molecule has 2 atom stereocenters. The molecule has 0 unspecified atom stereocenters. The van der Waals surface area contributed by atoms with Crippen molar-refractivity contribution >= 4 is 29.1 Å². The molecule has 1 aliphatic carbocycles. The Labute approximate surface area is 172 Å². The van der Waals surface area contributed by atoms with E-state index in [1.54, 1.807) is 6.07 Å². The van der Waals surface area contributed by atoms with Gasteiger partial charge in [0.2, 0.25) is 0 Å². The molecular formula is C21H33ClN4O2+2. The summed E-state index contributed by atoms with van der Waals surface area (Å²) in [5.74, 6) is 0.745. The summed E-state index contributed by atoms with van der Waals surface area (Å²) in [4.78, 5) is 27.3. The lowest BCUT2D eigenvalue weighted by molar-refractivity contribution is -1.00. The molecule has 7 heteroatoms. The molecule has 2 amide bonds. The summed E-state index contributed by atoms with van der Waals surface area (Å²) >= 11 is 6.09. The number of carbonyl (C=O) groups is 2. The second-order valence-corrected chi connectivity index (χ2v) is 8.72. The first kappa shape index (κ1) is 21.1. The molecule has 154 valence electrons. The van der Waals surface area contributed by atoms with E-state index in [2.05, 4.69) is 17.6 Å². The molecule has 28 heavy (non-hydrogen) atoms. The van der Waals surface area contributed by atoms with Crippen LogP contribution in [0.5, 0.6) is 0 Å². The molecule has 2 aliphatic rings. The number of halogens is 1. The van der Waals surface area contributed by atoms with Crippen LogP contribution in [0.2, 0.25) is 5.02 Å². The largest absolute Gasteiger partial charge is 0.348 e. The molecule has 0 spiro atoms. The highest BCUT2D eigenvalue weighted by Gasteiger charge is 2.28. The van der Waals surface area contributed by atoms with Gasteiger partial charge in [0.05, 0.1) is 10.7 Å². The van der Waals surface area contributed by atoms with Crippen molar-refractivity contribution in [3.05, 3.63) is 29.3 Å². The van der Waals surface area contributed by atoms with E-state index in [-0.39, 0.29) is 11.8 Å². The number of benzene rings is 1. The summed E-state index contributed by atoms with van der Waals surface area (Å²) in [6.07, 6.45) is 4.84. The number of carbonyl (C=O) groups excluding carboxylic acids is 2. The lowest BCUT2D eigenvalue weighted by Gasteiger charge is -2.31. The summed E-state index contributed by atoms with van der Waals surface area (Å²) in [7, 11) is 0. The van der Waals surface area contributed by atoms with Crippen LogP contribution in [0.15, 0.2) is 24.3 Å². The zero-order valence-corrected chi connectivity index (χ0v) is 17.5. The van der Waals surface area contributed by atoms with E-state index in [1.807, 2.05) is 18.2 Å². The van der Waals surface area contributed by atoms with Crippen LogP contribution in [0, 0.1) is 5.92 Å². The van der Waals surface area contributed by atoms with Crippen LogP contribution in [0.3, 0.4) is 0 Å². The van der Waals surface area contributed by atoms with Crippen molar-refractivity contribution in [2.24, 2.45) is 5.92 Å². The molecule has 1 saturated heterocycles. The Bertz CT molecular complexity index is 676. The van der Waals surface area contributed by atoms with Crippen LogP contribution < -0.4 is 20.4 Å². The Morgan fingerprint density at radius 1 is 1.00 bits per heavy atom. The van der Waals surface area contributed by atoms with Crippen molar-refractivity contribution in [2.75, 3.05) is 44.6 Å². The van der Waals surface area contributed by atoms with E-state index in [0.717, 1.165) is 32.6 Å². The third-order valence-electron chi connectivity index (χ3n) is 6.09. The SMILES string of the molecule is C[C@@H]1CCCC[C@@H]1NC(=O)C[NH+]1CC[NH+](CC(=O)Nc2ccccc2Cl)CC1. The molecule has 1 heterocycles. The fraction of sp³-hybridized carbons (Fsp3) is 0.619. The van der Waals surface area contributed by atoms with Crippen molar-refractivity contribution in [2.45, 2.75) is 38.6 Å². The molecule has 1 aromatic rings. The fourth-order valence-electron chi connectivity index (χ4n) is 4.31. The summed E-state index contributed by atoms with van der Waals surface area (Å²) in [5, 5.41) is 6.69. The highest BCUT2D eigenvalue weighted by atomic mass is 35.5. The smallest absolute Gasteiger partial charge is 0.279 e. The van der Waals surface area contributed by atoms with Crippen molar-refractivity contribution in [3.8, 4) is 0 Å². The van der Waals surface area contributed by atoms with Crippen molar-refractivity contribution in [3.63, 3.8) is 0 Å². The molecule has 6 nitrogen and oxygen atoms in total. The Hall–Kier alpha value is -1.63. The number of amides is 2. The molecule has 2 fully saturated rings. The Morgan fingerprint density at radius 2 is 1.61 bits per heavy atom. The van der Waals surface area contributed by atoms with Crippen LogP contribution in [0.1, 0.15) is 32.6 Å². The van der Waals surface area contributed by atoms with Gasteiger partial charge in [-0.15, -0.1) is 0 Å². The van der Waals surface area contributed by atoms with Crippen molar-refractivity contribution in [1.82, 2.24) is 5.32 Å². The molecule has 0 bridgehead atoms. The van der Waals surface area contributed by atoms with Gasteiger partial charge in [-0.2, -0.15) is 0 Å². The molecule has 0 radical (unpaired) electrons. The first-order valence-corrected chi connectivity index (χ1v) is 10.9. The minimum atomic E-state index is -0.0180. The summed E-state index contributed by atoms with van der Waals surface area (Å²) < 4.78 is 0. The van der Waals surface area contributed by atoms with Gasteiger partial charge in [0.15, 0.2) is 13.1 Å². The standard InChI is InChI=1S/C21H31ClN4O2/c1-16-6-2-4-8-18(16)23-20(27)14-25-10-12-26(13-11-25)15-21(28)24-19-9-5-3-7-17(19)22/h3,5,7,9,16,18H,2,4,6,8,10-15H2,1H3,(H,23,27)(H,24,28)/p+2/t16-,18+/m1/s1. The lowest BCUT2D eigenvalue weighted by Crippen LogP contribution is -3.28. The Kier molecular flexibility index (Phi) is 7.71. The lowest BCUT2D eigenvalue weighted by atomic mass is 9.86. The number of rotatable bonds is 6. The first-order chi connectivity index (χ1) is 13.5. The van der Waals surface area contributed by atoms with Gasteiger partial charge in [-0.25, -0.2) is 0 Å². The van der Waals surface area contributed by atoms with Crippen molar-refractivity contribution < 1.29 is 19.4 Å². The molecule has 1 saturated carbocycles. The number of nitrogens with one attached hydrogen (secondary N) is 4. The number of anilines is 1. The topological polar surface area (TPSA) is 67.1 Å². The number of hydrogen-bond donors (Lipinski definition) is 4. The number of piperazine rings is 1. The number of hydrogen-bond acceptors (Lipinski definition) is 2. The molecule has 1 aliphatic heterocycles. The Balaban J connectivity index is 1.36. The number of quaternary nitrogens is 2. The molecular weight excluding hydrogens is 376 g/mol. The van der Waals surface area contributed by atoms with E-state index in [0.29, 0.717) is 35.8 Å². The normalized spacial score (nSPS) is 27.8. The van der Waals surface area contributed by atoms with Gasteiger partial charge in [-0.05, 0) is 30.9 Å². The minimum Gasteiger partial charge on any atom is -0.348 e. The highest BCUT2D eigenvalue weighted by Crippen LogP contribution is 2.23. The highest BCUT2D eigenvalue weighted by molar-refractivity contribution is 6.33. The monoisotopic (exact) mass is 408 g/mol. The summed E-state index contributed by atoms with van der Waals surface area (Å²) in [5.41, 5.74) is 0.659. The van der Waals surface area contributed by atoms with Gasteiger partial charge in [-0.1, -0.05) is 43.5 Å². The average molecular weight is 409 g/mol. The van der Waals surface area contributed by atoms with Crippen LogP contribution in [-0.2, 0) is 9.59 Å². The van der Waals surface area contributed by atoms with E-state index in [9.17, 15) is 9.59 Å². The number of para-hydroxylation sites is 1. The van der Waals surface area contributed by atoms with Crippen LogP contribution in [-0.4, -0.2) is 57.1 Å². The Morgan fingerprint density at radius 3 is 2.25 bits per heavy atom. The van der Waals surface area contributed by atoms with Gasteiger partial charge < -0.3 is 20.4 Å². The maximum absolute atomic E-state index is 12.4. The van der Waals surface area contributed by atoms with Gasteiger partial charge in [0.25, 0.3) is 11.8 Å². The second kappa shape index (κ2) is 10.2. The maximum Gasteiger partial charge on any atom is 0.279 e. The molecule has 3 rings (SSSR count). The zero-order chi connectivity index (χ0) is 19.9.